The highest BCUT2D eigenvalue weighted by Crippen LogP contribution is 1.92. The summed E-state index contributed by atoms with van der Waals surface area (Å²) in [6, 6.07) is 0. The van der Waals surface area contributed by atoms with Crippen LogP contribution in [0.2, 0.25) is 0 Å². The van der Waals surface area contributed by atoms with E-state index in [9.17, 15) is 8.42 Å². The molecule has 1 N–H and O–H groups in total. The first-order valence-corrected chi connectivity index (χ1v) is 6.68. The predicted octanol–water partition coefficient (Wildman–Crippen LogP) is 0.988. The number of ether oxygens (including phenoxy) is 1. The predicted molar refractivity (Wildman–Crippen MR) is 57.7 cm³/mol. The molecule has 0 bridgehead atoms. The van der Waals surface area contributed by atoms with Crippen molar-refractivity contribution in [1.82, 2.24) is 4.72 Å². The minimum Gasteiger partial charge on any atom is -0.380 e. The fraction of sp³-hybridized carbons (Fsp3) is 1.00. The summed E-state index contributed by atoms with van der Waals surface area (Å²) in [6.07, 6.45) is 0.641. The van der Waals surface area contributed by atoms with Gasteiger partial charge in [-0.3, -0.25) is 0 Å². The molecule has 0 aliphatic heterocycles. The molecule has 0 saturated heterocycles. The Bertz CT molecular complexity index is 224. The van der Waals surface area contributed by atoms with E-state index in [2.05, 4.69) is 18.6 Å². The van der Waals surface area contributed by atoms with Crippen molar-refractivity contribution in [1.29, 1.82) is 0 Å². The molecule has 0 aliphatic carbocycles. The van der Waals surface area contributed by atoms with Gasteiger partial charge in [-0.15, -0.1) is 0 Å². The maximum absolute atomic E-state index is 11.2. The summed E-state index contributed by atoms with van der Waals surface area (Å²) in [6.45, 7) is 7.45. The van der Waals surface area contributed by atoms with E-state index in [1.54, 1.807) is 0 Å². The molecule has 0 aromatic carbocycles. The molecule has 0 aliphatic rings. The second-order valence-corrected chi connectivity index (χ2v) is 5.61. The molecule has 14 heavy (non-hydrogen) atoms. The third kappa shape index (κ3) is 8.47. The number of nitrogens with one attached hydrogen (secondary N) is 1. The summed E-state index contributed by atoms with van der Waals surface area (Å²) in [7, 11) is -3.06. The third-order valence-electron chi connectivity index (χ3n) is 1.49. The zero-order valence-electron chi connectivity index (χ0n) is 9.25. The summed E-state index contributed by atoms with van der Waals surface area (Å²) in [5, 5.41) is 0. The summed E-state index contributed by atoms with van der Waals surface area (Å²) >= 11 is 0. The van der Waals surface area contributed by atoms with Gasteiger partial charge in [0.2, 0.25) is 10.0 Å². The van der Waals surface area contributed by atoms with Crippen molar-refractivity contribution >= 4 is 10.0 Å². The van der Waals surface area contributed by atoms with Gasteiger partial charge in [0.05, 0.1) is 12.4 Å². The van der Waals surface area contributed by atoms with Crippen LogP contribution in [0.1, 0.15) is 27.2 Å². The van der Waals surface area contributed by atoms with Crippen LogP contribution in [0.5, 0.6) is 0 Å². The highest BCUT2D eigenvalue weighted by Gasteiger charge is 2.06. The molecular formula is C9H21NO3S. The van der Waals surface area contributed by atoms with Crippen molar-refractivity contribution in [2.45, 2.75) is 27.2 Å². The van der Waals surface area contributed by atoms with Gasteiger partial charge < -0.3 is 4.74 Å². The second-order valence-electron chi connectivity index (χ2n) is 3.68. The monoisotopic (exact) mass is 223 g/mol. The third-order valence-corrected chi connectivity index (χ3v) is 3.08. The van der Waals surface area contributed by atoms with Crippen LogP contribution in [0, 0.1) is 5.92 Å². The lowest BCUT2D eigenvalue weighted by molar-refractivity contribution is 0.114. The van der Waals surface area contributed by atoms with Crippen LogP contribution in [0.25, 0.3) is 0 Å². The number of sulfonamides is 1. The lowest BCUT2D eigenvalue weighted by Crippen LogP contribution is -2.29. The van der Waals surface area contributed by atoms with Gasteiger partial charge in [0.15, 0.2) is 0 Å². The molecule has 0 amide bonds. The van der Waals surface area contributed by atoms with Gasteiger partial charge in [0.1, 0.15) is 0 Å². The van der Waals surface area contributed by atoms with E-state index in [0.29, 0.717) is 32.1 Å². The van der Waals surface area contributed by atoms with Gasteiger partial charge in [0.25, 0.3) is 0 Å². The van der Waals surface area contributed by atoms with E-state index in [-0.39, 0.29) is 5.75 Å². The maximum Gasteiger partial charge on any atom is 0.211 e. The maximum atomic E-state index is 11.2. The van der Waals surface area contributed by atoms with Gasteiger partial charge in [-0.05, 0) is 12.3 Å². The van der Waals surface area contributed by atoms with Crippen LogP contribution in [0.4, 0.5) is 0 Å². The highest BCUT2D eigenvalue weighted by molar-refractivity contribution is 7.89. The molecule has 0 fully saturated rings. The average molecular weight is 223 g/mol. The Morgan fingerprint density at radius 2 is 2.00 bits per heavy atom. The zero-order valence-corrected chi connectivity index (χ0v) is 10.1. The molecule has 0 unspecified atom stereocenters. The van der Waals surface area contributed by atoms with E-state index in [0.717, 1.165) is 0 Å². The van der Waals surface area contributed by atoms with Gasteiger partial charge in [-0.1, -0.05) is 20.8 Å². The molecule has 5 heteroatoms. The van der Waals surface area contributed by atoms with Crippen molar-refractivity contribution in [2.75, 3.05) is 25.5 Å². The Balaban J connectivity index is 3.45. The Labute approximate surface area is 87.1 Å². The second kappa shape index (κ2) is 7.20. The quantitative estimate of drug-likeness (QED) is 0.624. The zero-order chi connectivity index (χ0) is 11.0. The topological polar surface area (TPSA) is 55.4 Å². The normalized spacial score (nSPS) is 12.3. The summed E-state index contributed by atoms with van der Waals surface area (Å²) in [5.41, 5.74) is 0. The average Bonchev–Trinajstić information content (AvgIpc) is 2.02. The van der Waals surface area contributed by atoms with Crippen LogP contribution in [0.15, 0.2) is 0 Å². The van der Waals surface area contributed by atoms with Gasteiger partial charge in [0, 0.05) is 13.2 Å². The Morgan fingerprint density at radius 3 is 2.50 bits per heavy atom. The molecule has 86 valence electrons. The minimum absolute atomic E-state index is 0.192. The number of hydrogen-bond donors (Lipinski definition) is 1. The van der Waals surface area contributed by atoms with Crippen molar-refractivity contribution in [2.24, 2.45) is 5.92 Å². The molecular weight excluding hydrogens is 202 g/mol. The van der Waals surface area contributed by atoms with E-state index in [4.69, 9.17) is 4.74 Å². The number of hydrogen-bond acceptors (Lipinski definition) is 3. The first-order valence-electron chi connectivity index (χ1n) is 5.03. The summed E-state index contributed by atoms with van der Waals surface area (Å²) in [4.78, 5) is 0. The van der Waals surface area contributed by atoms with E-state index in [1.807, 2.05) is 6.92 Å². The van der Waals surface area contributed by atoms with Gasteiger partial charge in [-0.25, -0.2) is 13.1 Å². The largest absolute Gasteiger partial charge is 0.380 e. The Morgan fingerprint density at radius 1 is 1.36 bits per heavy atom. The highest BCUT2D eigenvalue weighted by atomic mass is 32.2. The van der Waals surface area contributed by atoms with Gasteiger partial charge in [-0.2, -0.15) is 0 Å². The SMILES string of the molecule is CCCS(=O)(=O)NCCOCC(C)C. The van der Waals surface area contributed by atoms with Crippen molar-refractivity contribution in [3.63, 3.8) is 0 Å². The van der Waals surface area contributed by atoms with Crippen LogP contribution < -0.4 is 4.72 Å². The van der Waals surface area contributed by atoms with Crippen molar-refractivity contribution in [3.05, 3.63) is 0 Å². The molecule has 0 heterocycles. The van der Waals surface area contributed by atoms with E-state index >= 15 is 0 Å². The molecule has 0 saturated carbocycles. The lowest BCUT2D eigenvalue weighted by atomic mass is 10.2. The molecule has 0 atom stereocenters. The van der Waals surface area contributed by atoms with E-state index in [1.165, 1.54) is 0 Å². The van der Waals surface area contributed by atoms with Crippen LogP contribution in [0.3, 0.4) is 0 Å². The number of rotatable bonds is 8. The minimum atomic E-state index is -3.06. The smallest absolute Gasteiger partial charge is 0.211 e. The fourth-order valence-corrected chi connectivity index (χ4v) is 2.01. The van der Waals surface area contributed by atoms with Gasteiger partial charge >= 0.3 is 0 Å². The standard InChI is InChI=1S/C9H21NO3S/c1-4-7-14(11,12)10-5-6-13-8-9(2)3/h9-10H,4-8H2,1-3H3. The lowest BCUT2D eigenvalue weighted by Gasteiger charge is -2.07. The Kier molecular flexibility index (Phi) is 7.13. The summed E-state index contributed by atoms with van der Waals surface area (Å²) in [5.74, 6) is 0.680. The van der Waals surface area contributed by atoms with Crippen LogP contribution in [-0.2, 0) is 14.8 Å². The first kappa shape index (κ1) is 13.9. The molecule has 0 spiro atoms. The van der Waals surface area contributed by atoms with Crippen LogP contribution >= 0.6 is 0 Å². The molecule has 0 aromatic heterocycles. The molecule has 0 aromatic rings. The summed E-state index contributed by atoms with van der Waals surface area (Å²) < 4.78 is 30.0. The molecule has 0 radical (unpaired) electrons. The first-order chi connectivity index (χ1) is 6.48. The Hall–Kier alpha value is -0.130. The fourth-order valence-electron chi connectivity index (χ4n) is 0.929. The molecule has 0 rings (SSSR count). The van der Waals surface area contributed by atoms with Crippen molar-refractivity contribution < 1.29 is 13.2 Å². The van der Waals surface area contributed by atoms with Crippen molar-refractivity contribution in [3.8, 4) is 0 Å². The van der Waals surface area contributed by atoms with E-state index < -0.39 is 10.0 Å². The van der Waals surface area contributed by atoms with Crippen LogP contribution in [-0.4, -0.2) is 33.9 Å². The molecule has 4 nitrogen and oxygen atoms in total.